The van der Waals surface area contributed by atoms with Crippen molar-refractivity contribution in [2.24, 2.45) is 0 Å². The molecule has 1 aliphatic rings. The highest BCUT2D eigenvalue weighted by Gasteiger charge is 2.29. The van der Waals surface area contributed by atoms with Crippen molar-refractivity contribution in [1.82, 2.24) is 10.0 Å². The summed E-state index contributed by atoms with van der Waals surface area (Å²) in [6.45, 7) is 5.17. The maximum absolute atomic E-state index is 12.2. The molecular weight excluding hydrogens is 252 g/mol. The number of aryl methyl sites for hydroxylation is 1. The van der Waals surface area contributed by atoms with E-state index >= 15 is 0 Å². The molecule has 1 aromatic heterocycles. The molecule has 1 atom stereocenters. The Labute approximate surface area is 108 Å². The molecule has 1 aliphatic heterocycles. The Balaban J connectivity index is 2.03. The van der Waals surface area contributed by atoms with Crippen LogP contribution in [0.2, 0.25) is 0 Å². The minimum absolute atomic E-state index is 0.294. The van der Waals surface area contributed by atoms with Gasteiger partial charge in [0.15, 0.2) is 0 Å². The molecule has 0 amide bonds. The van der Waals surface area contributed by atoms with E-state index < -0.39 is 10.0 Å². The Kier molecular flexibility index (Phi) is 4.09. The highest BCUT2D eigenvalue weighted by atomic mass is 32.2. The molecule has 18 heavy (non-hydrogen) atoms. The molecule has 1 saturated heterocycles. The van der Waals surface area contributed by atoms with Gasteiger partial charge < -0.3 is 9.73 Å². The van der Waals surface area contributed by atoms with E-state index in [-0.39, 0.29) is 11.3 Å². The van der Waals surface area contributed by atoms with Gasteiger partial charge in [0.25, 0.3) is 0 Å². The summed E-state index contributed by atoms with van der Waals surface area (Å²) < 4.78 is 32.5. The lowest BCUT2D eigenvalue weighted by atomic mass is 10.2. The summed E-state index contributed by atoms with van der Waals surface area (Å²) in [6, 6.07) is 3.33. The molecule has 2 heterocycles. The van der Waals surface area contributed by atoms with Crippen molar-refractivity contribution in [3.8, 4) is 0 Å². The number of sulfonamides is 1. The lowest BCUT2D eigenvalue weighted by molar-refractivity contribution is 0.434. The molecule has 2 N–H and O–H groups in total. The summed E-state index contributed by atoms with van der Waals surface area (Å²) in [6.07, 6.45) is 1.33. The predicted octanol–water partition coefficient (Wildman–Crippen LogP) is 1.32. The lowest BCUT2D eigenvalue weighted by Gasteiger charge is -2.24. The van der Waals surface area contributed by atoms with Crippen LogP contribution in [0.15, 0.2) is 16.5 Å². The molecule has 0 aliphatic carbocycles. The van der Waals surface area contributed by atoms with Crippen LogP contribution in [0.25, 0.3) is 0 Å². The minimum atomic E-state index is -3.27. The van der Waals surface area contributed by atoms with Crippen LogP contribution >= 0.6 is 0 Å². The van der Waals surface area contributed by atoms with Crippen molar-refractivity contribution < 1.29 is 12.8 Å². The number of hydrogen-bond acceptors (Lipinski definition) is 4. The number of hydrogen-bond donors (Lipinski definition) is 2. The highest BCUT2D eigenvalue weighted by molar-refractivity contribution is 7.90. The Morgan fingerprint density at radius 3 is 2.61 bits per heavy atom. The van der Waals surface area contributed by atoms with Gasteiger partial charge in [-0.05, 0) is 51.9 Å². The zero-order valence-corrected chi connectivity index (χ0v) is 11.6. The second kappa shape index (κ2) is 5.42. The zero-order chi connectivity index (χ0) is 13.2. The summed E-state index contributed by atoms with van der Waals surface area (Å²) in [5, 5.41) is 2.87. The van der Waals surface area contributed by atoms with Gasteiger partial charge in [-0.25, -0.2) is 13.1 Å². The van der Waals surface area contributed by atoms with Crippen LogP contribution in [0, 0.1) is 6.92 Å². The average Bonchev–Trinajstić information content (AvgIpc) is 2.77. The molecule has 0 saturated carbocycles. The molecule has 0 aromatic carbocycles. The van der Waals surface area contributed by atoms with Crippen LogP contribution < -0.4 is 10.0 Å². The van der Waals surface area contributed by atoms with Crippen molar-refractivity contribution in [1.29, 1.82) is 0 Å². The summed E-state index contributed by atoms with van der Waals surface area (Å²) in [5.41, 5.74) is 0. The molecule has 1 aromatic rings. The molecule has 0 radical (unpaired) electrons. The van der Waals surface area contributed by atoms with Gasteiger partial charge in [0, 0.05) is 0 Å². The van der Waals surface area contributed by atoms with Gasteiger partial charge in [-0.1, -0.05) is 0 Å². The summed E-state index contributed by atoms with van der Waals surface area (Å²) >= 11 is 0. The topological polar surface area (TPSA) is 71.3 Å². The van der Waals surface area contributed by atoms with E-state index in [1.54, 1.807) is 6.92 Å². The van der Waals surface area contributed by atoms with E-state index in [2.05, 4.69) is 10.0 Å². The largest absolute Gasteiger partial charge is 0.465 e. The Morgan fingerprint density at radius 1 is 1.39 bits per heavy atom. The summed E-state index contributed by atoms with van der Waals surface area (Å²) in [4.78, 5) is 0. The van der Waals surface area contributed by atoms with E-state index in [9.17, 15) is 8.42 Å². The quantitative estimate of drug-likeness (QED) is 0.867. The molecule has 0 spiro atoms. The van der Waals surface area contributed by atoms with Crippen LogP contribution in [-0.2, 0) is 10.0 Å². The zero-order valence-electron chi connectivity index (χ0n) is 10.8. The van der Waals surface area contributed by atoms with Gasteiger partial charge in [-0.15, -0.1) is 0 Å². The van der Waals surface area contributed by atoms with Crippen LogP contribution in [0.3, 0.4) is 0 Å². The summed E-state index contributed by atoms with van der Waals surface area (Å²) in [7, 11) is -3.27. The Morgan fingerprint density at radius 2 is 2.06 bits per heavy atom. The maximum atomic E-state index is 12.2. The van der Waals surface area contributed by atoms with Gasteiger partial charge in [0.2, 0.25) is 10.0 Å². The Bertz CT molecular complexity index is 489. The van der Waals surface area contributed by atoms with Crippen molar-refractivity contribution in [3.05, 3.63) is 23.7 Å². The molecule has 2 rings (SSSR count). The molecule has 1 fully saturated rings. The van der Waals surface area contributed by atoms with Crippen molar-refractivity contribution in [2.75, 3.05) is 13.1 Å². The third-order valence-electron chi connectivity index (χ3n) is 3.25. The fraction of sp³-hybridized carbons (Fsp3) is 0.667. The molecular formula is C12H20N2O3S. The van der Waals surface area contributed by atoms with Gasteiger partial charge >= 0.3 is 0 Å². The molecule has 102 valence electrons. The second-order valence-electron chi connectivity index (χ2n) is 4.78. The maximum Gasteiger partial charge on any atom is 0.215 e. The Hall–Kier alpha value is -0.850. The first-order chi connectivity index (χ1) is 8.49. The average molecular weight is 272 g/mol. The molecule has 1 unspecified atom stereocenters. The van der Waals surface area contributed by atoms with Crippen LogP contribution in [0.5, 0.6) is 0 Å². The lowest BCUT2D eigenvalue weighted by Crippen LogP contribution is -2.42. The van der Waals surface area contributed by atoms with Crippen molar-refractivity contribution in [3.63, 3.8) is 0 Å². The smallest absolute Gasteiger partial charge is 0.215 e. The SMILES string of the molecule is Cc1ccc(C(C)NS(=O)(=O)C2CCNCC2)o1. The normalized spacial score (nSPS) is 19.9. The van der Waals surface area contributed by atoms with Crippen LogP contribution in [0.4, 0.5) is 0 Å². The molecule has 6 heteroatoms. The second-order valence-corrected chi connectivity index (χ2v) is 6.77. The van der Waals surface area contributed by atoms with E-state index in [4.69, 9.17) is 4.42 Å². The fourth-order valence-electron chi connectivity index (χ4n) is 2.19. The monoisotopic (exact) mass is 272 g/mol. The minimum Gasteiger partial charge on any atom is -0.465 e. The van der Waals surface area contributed by atoms with Crippen LogP contribution in [-0.4, -0.2) is 26.8 Å². The highest BCUT2D eigenvalue weighted by Crippen LogP contribution is 2.19. The van der Waals surface area contributed by atoms with E-state index in [1.165, 1.54) is 0 Å². The number of piperidine rings is 1. The first kappa shape index (κ1) is 13.6. The van der Waals surface area contributed by atoms with Crippen molar-refractivity contribution >= 4 is 10.0 Å². The van der Waals surface area contributed by atoms with Crippen molar-refractivity contribution in [2.45, 2.75) is 38.0 Å². The van der Waals surface area contributed by atoms with E-state index in [0.717, 1.165) is 18.8 Å². The first-order valence-electron chi connectivity index (χ1n) is 6.27. The number of nitrogens with one attached hydrogen (secondary N) is 2. The van der Waals surface area contributed by atoms with Gasteiger partial charge in [0.05, 0.1) is 11.3 Å². The predicted molar refractivity (Wildman–Crippen MR) is 69.8 cm³/mol. The standard InChI is InChI=1S/C12H20N2O3S/c1-9-3-4-12(17-9)10(2)14-18(15,16)11-5-7-13-8-6-11/h3-4,10-11,13-14H,5-8H2,1-2H3. The number of rotatable bonds is 4. The fourth-order valence-corrected chi connectivity index (χ4v) is 3.85. The van der Waals surface area contributed by atoms with E-state index in [1.807, 2.05) is 19.1 Å². The van der Waals surface area contributed by atoms with Gasteiger partial charge in [-0.2, -0.15) is 0 Å². The van der Waals surface area contributed by atoms with E-state index in [0.29, 0.717) is 18.6 Å². The number of furan rings is 1. The third-order valence-corrected chi connectivity index (χ3v) is 5.29. The summed E-state index contributed by atoms with van der Waals surface area (Å²) in [5.74, 6) is 1.45. The first-order valence-corrected chi connectivity index (χ1v) is 7.82. The molecule has 5 nitrogen and oxygen atoms in total. The third kappa shape index (κ3) is 3.13. The van der Waals surface area contributed by atoms with Gasteiger partial charge in [-0.3, -0.25) is 0 Å². The van der Waals surface area contributed by atoms with Crippen LogP contribution in [0.1, 0.15) is 37.3 Å². The van der Waals surface area contributed by atoms with Gasteiger partial charge in [0.1, 0.15) is 11.5 Å². The molecule has 0 bridgehead atoms.